The van der Waals surface area contributed by atoms with Gasteiger partial charge in [-0.25, -0.2) is 28.4 Å². The number of carbonyl (C=O) groups excluding carboxylic acids is 2. The molecule has 0 saturated carbocycles. The van der Waals surface area contributed by atoms with Gasteiger partial charge in [-0.3, -0.25) is 4.79 Å². The van der Waals surface area contributed by atoms with E-state index < -0.39 is 70.5 Å². The molecule has 1 fully saturated rings. The lowest BCUT2D eigenvalue weighted by atomic mass is 10.1. The third kappa shape index (κ3) is 5.45. The molecule has 2 aromatic carbocycles. The van der Waals surface area contributed by atoms with Crippen molar-refractivity contribution in [3.8, 4) is 5.75 Å². The first-order chi connectivity index (χ1) is 16.3. The molecular weight excluding hydrogens is 482 g/mol. The molecule has 2 N–H and O–H groups in total. The van der Waals surface area contributed by atoms with Gasteiger partial charge in [0.2, 0.25) is 0 Å². The minimum Gasteiger partial charge on any atom is -0.480 e. The Labute approximate surface area is 196 Å². The molecule has 3 amide bonds. The van der Waals surface area contributed by atoms with Crippen LogP contribution < -0.4 is 20.5 Å². The molecule has 0 aromatic heterocycles. The molecule has 1 saturated heterocycles. The van der Waals surface area contributed by atoms with E-state index in [4.69, 9.17) is 4.74 Å². The maximum absolute atomic E-state index is 15.1. The summed E-state index contributed by atoms with van der Waals surface area (Å²) < 4.78 is 87.4. The lowest BCUT2D eigenvalue weighted by molar-refractivity contribution is -0.189. The highest BCUT2D eigenvalue weighted by Gasteiger charge is 2.40. The number of benzene rings is 2. The zero-order valence-electron chi connectivity index (χ0n) is 18.8. The summed E-state index contributed by atoms with van der Waals surface area (Å²) in [6.07, 6.45) is -7.24. The monoisotopic (exact) mass is 504 g/mol. The van der Waals surface area contributed by atoms with Crippen molar-refractivity contribution in [1.82, 2.24) is 10.3 Å². The van der Waals surface area contributed by atoms with Crippen LogP contribution in [-0.4, -0.2) is 41.8 Å². The van der Waals surface area contributed by atoms with Gasteiger partial charge >= 0.3 is 12.2 Å². The van der Waals surface area contributed by atoms with E-state index in [1.165, 1.54) is 4.90 Å². The number of urea groups is 1. The fraction of sp³-hybridized carbons (Fsp3) is 0.364. The molecule has 1 aliphatic rings. The van der Waals surface area contributed by atoms with Crippen LogP contribution in [0.4, 0.5) is 42.5 Å². The van der Waals surface area contributed by atoms with Crippen molar-refractivity contribution in [2.45, 2.75) is 45.6 Å². The summed E-state index contributed by atoms with van der Waals surface area (Å²) in [4.78, 5) is 26.8. The summed E-state index contributed by atoms with van der Waals surface area (Å²) in [5.41, 5.74) is 0.555. The Hall–Kier alpha value is -3.48. The van der Waals surface area contributed by atoms with Crippen LogP contribution in [0.25, 0.3) is 0 Å². The highest BCUT2D eigenvalue weighted by atomic mass is 19.4. The second-order valence-corrected chi connectivity index (χ2v) is 7.77. The third-order valence-corrected chi connectivity index (χ3v) is 5.19. The summed E-state index contributed by atoms with van der Waals surface area (Å²) in [7, 11) is 0. The molecule has 2 aromatic rings. The molecule has 0 radical (unpaired) electrons. The van der Waals surface area contributed by atoms with E-state index in [0.29, 0.717) is 26.0 Å². The van der Waals surface area contributed by atoms with Crippen LogP contribution in [0.5, 0.6) is 5.75 Å². The molecule has 1 heterocycles. The van der Waals surface area contributed by atoms with E-state index in [1.54, 1.807) is 6.92 Å². The van der Waals surface area contributed by atoms with Crippen LogP contribution in [-0.2, 0) is 0 Å². The first-order valence-corrected chi connectivity index (χ1v) is 10.5. The normalized spacial score (nSPS) is 17.1. The number of nitrogens with one attached hydrogen (secondary N) is 2. The molecule has 7 nitrogen and oxygen atoms in total. The second-order valence-electron chi connectivity index (χ2n) is 7.77. The number of halogens is 6. The smallest absolute Gasteiger partial charge is 0.425 e. The molecule has 1 aliphatic heterocycles. The van der Waals surface area contributed by atoms with Gasteiger partial charge in [-0.05, 0) is 38.5 Å². The van der Waals surface area contributed by atoms with Gasteiger partial charge in [-0.2, -0.15) is 13.2 Å². The number of amides is 3. The van der Waals surface area contributed by atoms with E-state index in [1.807, 2.05) is 12.2 Å². The van der Waals surface area contributed by atoms with Crippen molar-refractivity contribution in [3.05, 3.63) is 53.3 Å². The van der Waals surface area contributed by atoms with Crippen molar-refractivity contribution in [2.75, 3.05) is 16.9 Å². The van der Waals surface area contributed by atoms with Crippen LogP contribution in [0, 0.1) is 17.5 Å². The third-order valence-electron chi connectivity index (χ3n) is 5.19. The number of anilines is 2. The van der Waals surface area contributed by atoms with Gasteiger partial charge in [0.1, 0.15) is 34.6 Å². The Kier molecular flexibility index (Phi) is 7.48. The van der Waals surface area contributed by atoms with E-state index in [-0.39, 0.29) is 0 Å². The van der Waals surface area contributed by atoms with E-state index in [0.717, 1.165) is 29.3 Å². The van der Waals surface area contributed by atoms with Gasteiger partial charge in [-0.1, -0.05) is 13.0 Å². The molecule has 1 unspecified atom stereocenters. The molecule has 0 aliphatic carbocycles. The number of carbonyl (C=O) groups is 2. The molecular formula is C22H22F6N4O3. The van der Waals surface area contributed by atoms with Crippen molar-refractivity contribution in [2.24, 2.45) is 0 Å². The maximum Gasteiger partial charge on any atom is 0.425 e. The summed E-state index contributed by atoms with van der Waals surface area (Å²) >= 11 is 0. The highest BCUT2D eigenvalue weighted by molar-refractivity contribution is 6.07. The van der Waals surface area contributed by atoms with Crippen LogP contribution in [0.3, 0.4) is 0 Å². The Morgan fingerprint density at radius 3 is 2.37 bits per heavy atom. The number of rotatable bonds is 7. The fourth-order valence-electron chi connectivity index (χ4n) is 3.35. The van der Waals surface area contributed by atoms with E-state index >= 15 is 4.39 Å². The zero-order chi connectivity index (χ0) is 26.1. The topological polar surface area (TPSA) is 73.9 Å². The number of hydrogen-bond acceptors (Lipinski definition) is 4. The largest absolute Gasteiger partial charge is 0.480 e. The summed E-state index contributed by atoms with van der Waals surface area (Å²) in [6.45, 7) is 4.43. The number of nitrogens with zero attached hydrogens (tertiary/aromatic N) is 2. The van der Waals surface area contributed by atoms with Gasteiger partial charge in [0.25, 0.3) is 5.91 Å². The summed E-state index contributed by atoms with van der Waals surface area (Å²) in [5, 5.41) is 2.67. The molecule has 0 spiro atoms. The maximum atomic E-state index is 15.1. The van der Waals surface area contributed by atoms with Crippen molar-refractivity contribution in [3.63, 3.8) is 0 Å². The van der Waals surface area contributed by atoms with Gasteiger partial charge in [0.05, 0.1) is 11.7 Å². The quantitative estimate of drug-likeness (QED) is 0.510. The number of hydrogen-bond donors (Lipinski definition) is 2. The van der Waals surface area contributed by atoms with E-state index in [2.05, 4.69) is 5.43 Å². The summed E-state index contributed by atoms with van der Waals surface area (Å²) in [5.74, 6) is -5.55. The average molecular weight is 504 g/mol. The second kappa shape index (κ2) is 10.0. The van der Waals surface area contributed by atoms with Crippen molar-refractivity contribution < 1.29 is 40.7 Å². The highest BCUT2D eigenvalue weighted by Crippen LogP contribution is 2.34. The van der Waals surface area contributed by atoms with Gasteiger partial charge in [-0.15, -0.1) is 0 Å². The first kappa shape index (κ1) is 26.1. The van der Waals surface area contributed by atoms with Crippen LogP contribution in [0.1, 0.15) is 37.6 Å². The molecule has 2 atom stereocenters. The lowest BCUT2D eigenvalue weighted by Gasteiger charge is -2.23. The SMILES string of the molecule is CCCN1C(=O)N(c2cc(O[C@@H](C)C(F)(F)F)c(C(=O)Nc3c(F)cccc3F)cc2F)NC1C. The Bertz CT molecular complexity index is 1110. The minimum atomic E-state index is -4.85. The molecule has 35 heavy (non-hydrogen) atoms. The van der Waals surface area contributed by atoms with Crippen molar-refractivity contribution in [1.29, 1.82) is 0 Å². The number of hydrazine groups is 1. The first-order valence-electron chi connectivity index (χ1n) is 10.5. The van der Waals surface area contributed by atoms with Crippen LogP contribution in [0.2, 0.25) is 0 Å². The number of para-hydroxylation sites is 1. The molecule has 0 bridgehead atoms. The lowest BCUT2D eigenvalue weighted by Crippen LogP contribution is -2.37. The predicted molar refractivity (Wildman–Crippen MR) is 114 cm³/mol. The van der Waals surface area contributed by atoms with Crippen LogP contribution >= 0.6 is 0 Å². The summed E-state index contributed by atoms with van der Waals surface area (Å²) in [6, 6.07) is 3.34. The molecule has 3 rings (SSSR count). The predicted octanol–water partition coefficient (Wildman–Crippen LogP) is 5.19. The van der Waals surface area contributed by atoms with Gasteiger partial charge in [0, 0.05) is 12.6 Å². The average Bonchev–Trinajstić information content (AvgIpc) is 3.05. The molecule has 190 valence electrons. The number of alkyl halides is 3. The number of ether oxygens (including phenoxy) is 1. The minimum absolute atomic E-state index is 0.328. The fourth-order valence-corrected chi connectivity index (χ4v) is 3.35. The van der Waals surface area contributed by atoms with Crippen molar-refractivity contribution >= 4 is 23.3 Å². The Morgan fingerprint density at radius 2 is 1.80 bits per heavy atom. The van der Waals surface area contributed by atoms with Crippen LogP contribution in [0.15, 0.2) is 30.3 Å². The van der Waals surface area contributed by atoms with Gasteiger partial charge < -0.3 is 15.0 Å². The van der Waals surface area contributed by atoms with E-state index in [9.17, 15) is 31.5 Å². The standard InChI is InChI=1S/C22H22F6N4O3/c1-4-8-31-12(3)30-32(21(31)34)17-10-18(35-11(2)22(26,27)28)13(9-16(17)25)20(33)29-19-14(23)6-5-7-15(19)24/h5-7,9-12,30H,4,8H2,1-3H3,(H,29,33)/t11-,12?/m0/s1. The Balaban J connectivity index is 2.04. The zero-order valence-corrected chi connectivity index (χ0v) is 18.8. The molecule has 13 heteroatoms. The Morgan fingerprint density at radius 1 is 1.17 bits per heavy atom. The van der Waals surface area contributed by atoms with Gasteiger partial charge in [0.15, 0.2) is 6.10 Å².